The zero-order valence-electron chi connectivity index (χ0n) is 18.1. The Morgan fingerprint density at radius 3 is 2.27 bits per heavy atom. The van der Waals surface area contributed by atoms with Crippen LogP contribution in [0, 0.1) is 24.1 Å². The molecule has 0 unspecified atom stereocenters. The molecule has 0 fully saturated rings. The highest BCUT2D eigenvalue weighted by Gasteiger charge is 2.31. The molecule has 166 valence electrons. The van der Waals surface area contributed by atoms with Crippen LogP contribution in [0.2, 0.25) is 0 Å². The minimum Gasteiger partial charge on any atom is -0.453 e. The van der Waals surface area contributed by atoms with Crippen LogP contribution in [-0.2, 0) is 9.53 Å². The molecule has 1 aliphatic heterocycles. The normalized spacial score (nSPS) is 12.4. The second-order valence-electron chi connectivity index (χ2n) is 7.36. The summed E-state index contributed by atoms with van der Waals surface area (Å²) in [5.74, 6) is -1.25. The largest absolute Gasteiger partial charge is 0.453 e. The molecule has 1 aliphatic rings. The zero-order valence-corrected chi connectivity index (χ0v) is 18.9. The molecule has 0 atom stereocenters. The van der Waals surface area contributed by atoms with Crippen LogP contribution in [0.1, 0.15) is 15.4 Å². The number of thiazole rings is 1. The molecule has 9 heteroatoms. The summed E-state index contributed by atoms with van der Waals surface area (Å²) in [5, 5.41) is 10.2. The van der Waals surface area contributed by atoms with Gasteiger partial charge in [0.1, 0.15) is 33.2 Å². The number of anilines is 2. The second kappa shape index (κ2) is 8.84. The molecule has 2 heterocycles. The van der Waals surface area contributed by atoms with Crippen molar-refractivity contribution in [3.63, 3.8) is 0 Å². The van der Waals surface area contributed by atoms with Gasteiger partial charge in [0.05, 0.1) is 17.1 Å². The van der Waals surface area contributed by atoms with Gasteiger partial charge in [0.25, 0.3) is 0 Å². The third-order valence-electron chi connectivity index (χ3n) is 5.26. The third kappa shape index (κ3) is 4.08. The Morgan fingerprint density at radius 1 is 1.09 bits per heavy atom. The van der Waals surface area contributed by atoms with Crippen LogP contribution in [0.25, 0.3) is 10.6 Å². The predicted molar refractivity (Wildman–Crippen MR) is 123 cm³/mol. The Kier molecular flexibility index (Phi) is 5.94. The third-order valence-corrected chi connectivity index (χ3v) is 6.45. The Labute approximate surface area is 194 Å². The van der Waals surface area contributed by atoms with Crippen LogP contribution in [0.3, 0.4) is 0 Å². The lowest BCUT2D eigenvalue weighted by molar-refractivity contribution is -0.118. The maximum Gasteiger partial charge on any atom is 0.350 e. The van der Waals surface area contributed by atoms with Gasteiger partial charge in [-0.25, -0.2) is 14.2 Å². The lowest BCUT2D eigenvalue weighted by Gasteiger charge is -2.19. The number of ketones is 1. The summed E-state index contributed by atoms with van der Waals surface area (Å²) in [6, 6.07) is 15.3. The number of rotatable bonds is 5. The topological polar surface area (TPSA) is 86.5 Å². The molecule has 0 saturated heterocycles. The number of fused-ring (bicyclic) bond motifs is 1. The van der Waals surface area contributed by atoms with Crippen LogP contribution in [-0.4, -0.2) is 37.4 Å². The molecule has 0 radical (unpaired) electrons. The number of esters is 1. The van der Waals surface area contributed by atoms with Gasteiger partial charge >= 0.3 is 5.97 Å². The van der Waals surface area contributed by atoms with Crippen molar-refractivity contribution in [3.8, 4) is 16.6 Å². The van der Waals surface area contributed by atoms with Crippen molar-refractivity contribution in [1.82, 2.24) is 4.98 Å². The van der Waals surface area contributed by atoms with Crippen LogP contribution in [0.4, 0.5) is 15.8 Å². The molecule has 1 aromatic heterocycles. The fraction of sp³-hybridized carbons (Fsp3) is 0.167. The van der Waals surface area contributed by atoms with E-state index in [-0.39, 0.29) is 16.3 Å². The smallest absolute Gasteiger partial charge is 0.350 e. The van der Waals surface area contributed by atoms with Crippen molar-refractivity contribution >= 4 is 34.5 Å². The van der Waals surface area contributed by atoms with Crippen molar-refractivity contribution in [2.24, 2.45) is 0 Å². The van der Waals surface area contributed by atoms with Gasteiger partial charge in [-0.3, -0.25) is 4.79 Å². The van der Waals surface area contributed by atoms with Gasteiger partial charge in [-0.1, -0.05) is 12.1 Å². The van der Waals surface area contributed by atoms with Crippen molar-refractivity contribution in [3.05, 3.63) is 76.3 Å². The summed E-state index contributed by atoms with van der Waals surface area (Å²) in [4.78, 5) is 33.6. The summed E-state index contributed by atoms with van der Waals surface area (Å²) in [7, 11) is 3.54. The van der Waals surface area contributed by atoms with Gasteiger partial charge in [0, 0.05) is 19.7 Å². The highest BCUT2D eigenvalue weighted by Crippen LogP contribution is 2.40. The SMILES string of the molecule is Cc1nc(-c2ccc(F)cc2)sc1C(=O)OCC(=O)C(C#N)=C1N(C)c2ccccc2N1C. The number of hydrogen-bond acceptors (Lipinski definition) is 8. The van der Waals surface area contributed by atoms with Gasteiger partial charge in [0.2, 0.25) is 5.78 Å². The molecule has 0 saturated carbocycles. The molecule has 2 aromatic carbocycles. The van der Waals surface area contributed by atoms with Gasteiger partial charge in [-0.05, 0) is 43.3 Å². The number of ether oxygens (including phenoxy) is 1. The molecule has 0 N–H and O–H groups in total. The number of hydrogen-bond donors (Lipinski definition) is 0. The monoisotopic (exact) mass is 462 g/mol. The summed E-state index contributed by atoms with van der Waals surface area (Å²) < 4.78 is 18.4. The number of Topliss-reactive ketones (excluding diaryl/α,β-unsaturated/α-hetero) is 1. The van der Waals surface area contributed by atoms with Crippen LogP contribution in [0.5, 0.6) is 0 Å². The van der Waals surface area contributed by atoms with Crippen molar-refractivity contribution in [2.75, 3.05) is 30.5 Å². The first-order valence-electron chi connectivity index (χ1n) is 9.96. The van der Waals surface area contributed by atoms with Crippen LogP contribution < -0.4 is 9.80 Å². The zero-order chi connectivity index (χ0) is 23.7. The predicted octanol–water partition coefficient (Wildman–Crippen LogP) is 4.30. The standard InChI is InChI=1S/C24H19FN4O3S/c1-14-21(33-22(27-14)15-8-10-16(25)11-9-15)24(31)32-13-20(30)17(12-26)23-28(2)18-6-4-5-7-19(18)29(23)3/h4-11H,13H2,1-3H3. The van der Waals surface area contributed by atoms with E-state index >= 15 is 0 Å². The molecule has 0 spiro atoms. The number of aryl methyl sites for hydroxylation is 1. The van der Waals surface area contributed by atoms with E-state index in [1.54, 1.807) is 43.0 Å². The number of carbonyl (C=O) groups is 2. The van der Waals surface area contributed by atoms with E-state index in [1.807, 2.05) is 30.3 Å². The average Bonchev–Trinajstić information content (AvgIpc) is 3.32. The summed E-state index contributed by atoms with van der Waals surface area (Å²) in [6.45, 7) is 1.08. The minimum atomic E-state index is -0.703. The molecule has 7 nitrogen and oxygen atoms in total. The molecule has 0 aliphatic carbocycles. The molecule has 3 aromatic rings. The molecular formula is C24H19FN4O3S. The lowest BCUT2D eigenvalue weighted by Crippen LogP contribution is -2.27. The summed E-state index contributed by atoms with van der Waals surface area (Å²) in [6.07, 6.45) is 0. The maximum absolute atomic E-state index is 13.2. The van der Waals surface area contributed by atoms with Gasteiger partial charge in [-0.2, -0.15) is 5.26 Å². The first-order chi connectivity index (χ1) is 15.8. The number of halogens is 1. The highest BCUT2D eigenvalue weighted by atomic mass is 32.1. The van der Waals surface area contributed by atoms with E-state index in [4.69, 9.17) is 4.74 Å². The van der Waals surface area contributed by atoms with E-state index in [9.17, 15) is 19.2 Å². The minimum absolute atomic E-state index is 0.1000. The molecule has 0 amide bonds. The van der Waals surface area contributed by atoms with Crippen molar-refractivity contribution < 1.29 is 18.7 Å². The van der Waals surface area contributed by atoms with E-state index in [2.05, 4.69) is 4.98 Å². The number of aromatic nitrogens is 1. The fourth-order valence-corrected chi connectivity index (χ4v) is 4.59. The number of carbonyl (C=O) groups excluding carboxylic acids is 2. The quantitative estimate of drug-likeness (QED) is 0.317. The van der Waals surface area contributed by atoms with Crippen molar-refractivity contribution in [2.45, 2.75) is 6.92 Å². The highest BCUT2D eigenvalue weighted by molar-refractivity contribution is 7.17. The molecule has 4 rings (SSSR count). The fourth-order valence-electron chi connectivity index (χ4n) is 3.63. The number of benzene rings is 2. The Morgan fingerprint density at radius 2 is 1.70 bits per heavy atom. The average molecular weight is 463 g/mol. The van der Waals surface area contributed by atoms with E-state index in [0.717, 1.165) is 22.7 Å². The number of nitrogens with zero attached hydrogens (tertiary/aromatic N) is 4. The molecular weight excluding hydrogens is 443 g/mol. The Hall–Kier alpha value is -4.03. The molecule has 0 bridgehead atoms. The lowest BCUT2D eigenvalue weighted by atomic mass is 10.2. The first-order valence-corrected chi connectivity index (χ1v) is 10.8. The van der Waals surface area contributed by atoms with E-state index in [0.29, 0.717) is 22.1 Å². The van der Waals surface area contributed by atoms with Crippen LogP contribution in [0.15, 0.2) is 59.9 Å². The van der Waals surface area contributed by atoms with Crippen molar-refractivity contribution in [1.29, 1.82) is 5.26 Å². The van der Waals surface area contributed by atoms with E-state index < -0.39 is 18.4 Å². The van der Waals surface area contributed by atoms with E-state index in [1.165, 1.54) is 12.1 Å². The van der Waals surface area contributed by atoms with Gasteiger partial charge in [0.15, 0.2) is 6.61 Å². The Balaban J connectivity index is 1.51. The Bertz CT molecular complexity index is 1290. The summed E-state index contributed by atoms with van der Waals surface area (Å²) in [5.41, 5.74) is 2.74. The van der Waals surface area contributed by atoms with Gasteiger partial charge in [-0.15, -0.1) is 11.3 Å². The summed E-state index contributed by atoms with van der Waals surface area (Å²) >= 11 is 1.10. The number of para-hydroxylation sites is 2. The second-order valence-corrected chi connectivity index (χ2v) is 8.36. The number of nitriles is 1. The van der Waals surface area contributed by atoms with Crippen LogP contribution >= 0.6 is 11.3 Å². The maximum atomic E-state index is 13.2. The molecule has 33 heavy (non-hydrogen) atoms. The van der Waals surface area contributed by atoms with Gasteiger partial charge < -0.3 is 14.5 Å². The first kappa shape index (κ1) is 22.2.